The van der Waals surface area contributed by atoms with Crippen LogP contribution in [0.25, 0.3) is 5.70 Å². The first kappa shape index (κ1) is 29.7. The zero-order valence-electron chi connectivity index (χ0n) is 26.8. The number of allylic oxidation sites excluding steroid dienone is 3. The Kier molecular flexibility index (Phi) is 7.83. The third-order valence-electron chi connectivity index (χ3n) is 10.9. The number of fused-ring (bicyclic) bond motifs is 3. The van der Waals surface area contributed by atoms with E-state index in [1.165, 1.54) is 34.2 Å². The molecule has 220 valence electrons. The zero-order valence-corrected chi connectivity index (χ0v) is 26.8. The number of rotatable bonds is 7. The number of nitrogens with one attached hydrogen (secondary N) is 1. The average molecular weight is 552 g/mol. The fourth-order valence-electron chi connectivity index (χ4n) is 9.48. The second-order valence-corrected chi connectivity index (χ2v) is 14.4. The molecule has 3 heteroatoms. The van der Waals surface area contributed by atoms with E-state index in [-0.39, 0.29) is 11.0 Å². The number of benzene rings is 2. The molecular weight excluding hydrogens is 498 g/mol. The Morgan fingerprint density at radius 3 is 2.41 bits per heavy atom. The van der Waals surface area contributed by atoms with Gasteiger partial charge >= 0.3 is 0 Å². The van der Waals surface area contributed by atoms with Gasteiger partial charge in [0.25, 0.3) is 0 Å². The van der Waals surface area contributed by atoms with Crippen molar-refractivity contribution in [3.8, 4) is 0 Å². The first-order valence-corrected chi connectivity index (χ1v) is 15.9. The van der Waals surface area contributed by atoms with Crippen molar-refractivity contribution in [3.63, 3.8) is 0 Å². The highest BCUT2D eigenvalue weighted by molar-refractivity contribution is 5.62. The van der Waals surface area contributed by atoms with Crippen molar-refractivity contribution >= 4 is 5.70 Å². The van der Waals surface area contributed by atoms with Gasteiger partial charge in [-0.05, 0) is 110 Å². The molecule has 4 unspecified atom stereocenters. The Morgan fingerprint density at radius 2 is 1.78 bits per heavy atom. The lowest BCUT2D eigenvalue weighted by atomic mass is 9.49. The van der Waals surface area contributed by atoms with Gasteiger partial charge in [-0.15, -0.1) is 0 Å². The van der Waals surface area contributed by atoms with E-state index in [0.717, 1.165) is 42.8 Å². The molecule has 2 aromatic carbocycles. The fraction of sp³-hybridized carbons (Fsp3) is 0.526. The molecule has 3 nitrogen and oxygen atoms in total. The van der Waals surface area contributed by atoms with Crippen LogP contribution >= 0.6 is 0 Å². The SMILES string of the molecule is C=C(NCc1ccc2c(c1C)C(C)(C)C1=C(C)C3C(CC(N)=C(C(C)(C)N)C3CCC)CC1[C@H]2C)c1ccccc1. The van der Waals surface area contributed by atoms with Crippen LogP contribution in [-0.4, -0.2) is 5.54 Å². The number of hydrogen-bond acceptors (Lipinski definition) is 3. The monoisotopic (exact) mass is 551 g/mol. The van der Waals surface area contributed by atoms with E-state index >= 15 is 0 Å². The van der Waals surface area contributed by atoms with Gasteiger partial charge in [0.05, 0.1) is 0 Å². The maximum atomic E-state index is 6.87. The van der Waals surface area contributed by atoms with Gasteiger partial charge in [-0.25, -0.2) is 0 Å². The van der Waals surface area contributed by atoms with E-state index in [1.54, 1.807) is 11.1 Å². The first-order valence-electron chi connectivity index (χ1n) is 15.9. The average Bonchev–Trinajstić information content (AvgIpc) is 2.90. The molecule has 0 saturated carbocycles. The lowest BCUT2D eigenvalue weighted by Gasteiger charge is -2.55. The molecule has 41 heavy (non-hydrogen) atoms. The molecular formula is C38H53N3. The Bertz CT molecular complexity index is 1380. The van der Waals surface area contributed by atoms with E-state index in [1.807, 2.05) is 6.07 Å². The summed E-state index contributed by atoms with van der Waals surface area (Å²) in [5, 5.41) is 3.61. The Balaban J connectivity index is 1.56. The zero-order chi connectivity index (χ0) is 29.9. The molecule has 5 rings (SSSR count). The van der Waals surface area contributed by atoms with Crippen LogP contribution in [0.5, 0.6) is 0 Å². The predicted octanol–water partition coefficient (Wildman–Crippen LogP) is 8.49. The van der Waals surface area contributed by atoms with Gasteiger partial charge in [-0.1, -0.05) is 94.3 Å². The van der Waals surface area contributed by atoms with Crippen LogP contribution in [0.15, 0.2) is 71.5 Å². The molecule has 0 amide bonds. The summed E-state index contributed by atoms with van der Waals surface area (Å²) in [6.07, 6.45) is 4.51. The van der Waals surface area contributed by atoms with Crippen molar-refractivity contribution in [3.05, 3.63) is 99.3 Å². The summed E-state index contributed by atoms with van der Waals surface area (Å²) in [5.41, 5.74) is 26.9. The summed E-state index contributed by atoms with van der Waals surface area (Å²) in [6, 6.07) is 15.2. The van der Waals surface area contributed by atoms with E-state index in [9.17, 15) is 0 Å². The Hall–Kier alpha value is -2.78. The van der Waals surface area contributed by atoms with Crippen molar-refractivity contribution in [1.29, 1.82) is 0 Å². The van der Waals surface area contributed by atoms with E-state index in [0.29, 0.717) is 29.6 Å². The summed E-state index contributed by atoms with van der Waals surface area (Å²) in [4.78, 5) is 0. The largest absolute Gasteiger partial charge is 0.402 e. The number of hydrogen-bond donors (Lipinski definition) is 3. The van der Waals surface area contributed by atoms with Gasteiger partial charge in [0.1, 0.15) is 0 Å². The van der Waals surface area contributed by atoms with Crippen LogP contribution in [0, 0.1) is 30.6 Å². The van der Waals surface area contributed by atoms with Crippen LogP contribution in [0.3, 0.4) is 0 Å². The van der Waals surface area contributed by atoms with Crippen molar-refractivity contribution in [1.82, 2.24) is 5.32 Å². The van der Waals surface area contributed by atoms with Crippen LogP contribution in [-0.2, 0) is 12.0 Å². The molecule has 0 aromatic heterocycles. The van der Waals surface area contributed by atoms with Gasteiger partial charge in [0.2, 0.25) is 0 Å². The third kappa shape index (κ3) is 4.99. The normalized spacial score (nSPS) is 27.2. The van der Waals surface area contributed by atoms with Crippen molar-refractivity contribution in [2.45, 2.75) is 104 Å². The van der Waals surface area contributed by atoms with Gasteiger partial charge < -0.3 is 16.8 Å². The van der Waals surface area contributed by atoms with E-state index < -0.39 is 0 Å². The summed E-state index contributed by atoms with van der Waals surface area (Å²) in [7, 11) is 0. The Morgan fingerprint density at radius 1 is 1.10 bits per heavy atom. The highest BCUT2D eigenvalue weighted by Crippen LogP contribution is 2.61. The summed E-state index contributed by atoms with van der Waals surface area (Å²) in [6.45, 7) is 24.0. The highest BCUT2D eigenvalue weighted by Gasteiger charge is 2.52. The minimum atomic E-state index is -0.388. The molecule has 5 atom stereocenters. The maximum absolute atomic E-state index is 6.87. The van der Waals surface area contributed by atoms with Crippen molar-refractivity contribution < 1.29 is 0 Å². The maximum Gasteiger partial charge on any atom is 0.0403 e. The van der Waals surface area contributed by atoms with Crippen LogP contribution in [0.1, 0.15) is 108 Å². The quantitative estimate of drug-likeness (QED) is 0.302. The lowest BCUT2D eigenvalue weighted by Crippen LogP contribution is -2.49. The van der Waals surface area contributed by atoms with E-state index in [2.05, 4.69) is 104 Å². The van der Waals surface area contributed by atoms with Gasteiger partial charge in [-0.2, -0.15) is 0 Å². The molecule has 3 aliphatic carbocycles. The molecule has 0 radical (unpaired) electrons. The second kappa shape index (κ2) is 10.8. The number of nitrogens with two attached hydrogens (primary N) is 2. The molecule has 0 saturated heterocycles. The molecule has 2 aromatic rings. The fourth-order valence-corrected chi connectivity index (χ4v) is 9.48. The van der Waals surface area contributed by atoms with Crippen molar-refractivity contribution in [2.75, 3.05) is 0 Å². The molecule has 0 fully saturated rings. The highest BCUT2D eigenvalue weighted by atomic mass is 14.9. The Labute approximate surface area is 249 Å². The van der Waals surface area contributed by atoms with Crippen LogP contribution < -0.4 is 16.8 Å². The lowest BCUT2D eigenvalue weighted by molar-refractivity contribution is 0.166. The smallest absolute Gasteiger partial charge is 0.0403 e. The van der Waals surface area contributed by atoms with Crippen LogP contribution in [0.4, 0.5) is 0 Å². The predicted molar refractivity (Wildman–Crippen MR) is 175 cm³/mol. The van der Waals surface area contributed by atoms with E-state index in [4.69, 9.17) is 11.5 Å². The molecule has 5 N–H and O–H groups in total. The van der Waals surface area contributed by atoms with Gasteiger partial charge in [0, 0.05) is 28.9 Å². The van der Waals surface area contributed by atoms with Crippen molar-refractivity contribution in [2.24, 2.45) is 35.1 Å². The summed E-state index contributed by atoms with van der Waals surface area (Å²) in [5.74, 6) is 2.60. The minimum Gasteiger partial charge on any atom is -0.402 e. The topological polar surface area (TPSA) is 64.1 Å². The molecule has 0 bridgehead atoms. The first-order chi connectivity index (χ1) is 19.3. The summed E-state index contributed by atoms with van der Waals surface area (Å²) < 4.78 is 0. The molecule has 0 spiro atoms. The second-order valence-electron chi connectivity index (χ2n) is 14.4. The third-order valence-corrected chi connectivity index (χ3v) is 10.9. The standard InChI is InChI=1S/C38H53N3/c1-10-14-30-33-24(4)35-31(19-28(33)20-32(39)36(30)38(8,9)40)23(3)29-18-17-27(22(2)34(29)37(35,6)7)21-41-25(5)26-15-12-11-13-16-26/h11-13,15-18,23,28,30-31,33,41H,5,10,14,19-21,39-40H2,1-4,6-9H3/t23-,28?,30?,31?,33?/m0/s1. The molecule has 0 aliphatic heterocycles. The summed E-state index contributed by atoms with van der Waals surface area (Å²) >= 11 is 0. The van der Waals surface area contributed by atoms with Gasteiger partial charge in [0.15, 0.2) is 0 Å². The van der Waals surface area contributed by atoms with Gasteiger partial charge in [-0.3, -0.25) is 0 Å². The minimum absolute atomic E-state index is 0.0278. The molecule has 0 heterocycles. The van der Waals surface area contributed by atoms with Crippen LogP contribution in [0.2, 0.25) is 0 Å². The molecule has 3 aliphatic rings.